The van der Waals surface area contributed by atoms with Gasteiger partial charge in [0.05, 0.1) is 17.9 Å². The number of carbonyl (C=O) groups is 1. The van der Waals surface area contributed by atoms with Crippen LogP contribution in [0.15, 0.2) is 58.9 Å². The number of nitrogen functional groups attached to an aromatic ring is 1. The van der Waals surface area contributed by atoms with Gasteiger partial charge >= 0.3 is 5.97 Å². The van der Waals surface area contributed by atoms with E-state index in [2.05, 4.69) is 22.1 Å². The van der Waals surface area contributed by atoms with E-state index in [0.717, 1.165) is 16.3 Å². The van der Waals surface area contributed by atoms with Gasteiger partial charge in [0.25, 0.3) is 0 Å². The van der Waals surface area contributed by atoms with Crippen molar-refractivity contribution in [2.45, 2.75) is 29.2 Å². The molecule has 0 saturated heterocycles. The normalized spacial score (nSPS) is 12.2. The van der Waals surface area contributed by atoms with Crippen molar-refractivity contribution in [3.8, 4) is 39.6 Å². The summed E-state index contributed by atoms with van der Waals surface area (Å²) < 4.78 is 5.71. The number of pyridine rings is 1. The first-order valence-corrected chi connectivity index (χ1v) is 14.9. The third kappa shape index (κ3) is 6.99. The average Bonchev–Trinajstić information content (AvgIpc) is 3.45. The number of nitriles is 2. The number of hydrogen-bond donors (Lipinski definition) is 4. The Labute approximate surface area is 255 Å². The van der Waals surface area contributed by atoms with Crippen LogP contribution in [0.1, 0.15) is 29.7 Å². The van der Waals surface area contributed by atoms with Crippen LogP contribution in [0.5, 0.6) is 5.75 Å². The lowest BCUT2D eigenvalue weighted by Gasteiger charge is -2.23. The molecular weight excluding hydrogens is 594 g/mol. The van der Waals surface area contributed by atoms with Crippen molar-refractivity contribution >= 4 is 46.5 Å². The van der Waals surface area contributed by atoms with Crippen molar-refractivity contribution in [3.05, 3.63) is 75.8 Å². The highest BCUT2D eigenvalue weighted by Gasteiger charge is 2.33. The van der Waals surface area contributed by atoms with Crippen LogP contribution < -0.4 is 21.9 Å². The molecule has 214 valence electrons. The summed E-state index contributed by atoms with van der Waals surface area (Å²) in [6, 6.07) is 18.4. The number of nitrogens with zero attached hydrogens (tertiary/aromatic N) is 4. The van der Waals surface area contributed by atoms with Crippen molar-refractivity contribution in [1.82, 2.24) is 9.97 Å². The third-order valence-corrected chi connectivity index (χ3v) is 8.59. The van der Waals surface area contributed by atoms with E-state index in [1.54, 1.807) is 24.3 Å². The van der Waals surface area contributed by atoms with Gasteiger partial charge in [-0.25, -0.2) is 9.97 Å². The zero-order valence-corrected chi connectivity index (χ0v) is 24.6. The predicted octanol–water partition coefficient (Wildman–Crippen LogP) is 5.04. The van der Waals surface area contributed by atoms with Gasteiger partial charge in [-0.15, -0.1) is 11.3 Å². The van der Waals surface area contributed by atoms with Crippen molar-refractivity contribution in [2.24, 2.45) is 11.5 Å². The molecule has 0 unspecified atom stereocenters. The smallest absolute Gasteiger partial charge is 0.323 e. The van der Waals surface area contributed by atoms with Gasteiger partial charge < -0.3 is 27.0 Å². The minimum Gasteiger partial charge on any atom is -0.494 e. The highest BCUT2D eigenvalue weighted by molar-refractivity contribution is 7.98. The van der Waals surface area contributed by atoms with Gasteiger partial charge in [0, 0.05) is 33.7 Å². The van der Waals surface area contributed by atoms with E-state index in [1.165, 1.54) is 23.1 Å². The molecular formula is C29H26ClN7O3S2. The minimum absolute atomic E-state index is 0.0160. The molecule has 42 heavy (non-hydrogen) atoms. The lowest BCUT2D eigenvalue weighted by molar-refractivity contribution is -0.144. The Balaban J connectivity index is 1.54. The van der Waals surface area contributed by atoms with Gasteiger partial charge in [-0.05, 0) is 42.8 Å². The Morgan fingerprint density at radius 3 is 2.33 bits per heavy atom. The molecule has 4 aromatic rings. The first kappa shape index (κ1) is 30.8. The van der Waals surface area contributed by atoms with Crippen molar-refractivity contribution < 1.29 is 14.6 Å². The van der Waals surface area contributed by atoms with Crippen LogP contribution in [0.2, 0.25) is 5.02 Å². The maximum absolute atomic E-state index is 11.5. The summed E-state index contributed by atoms with van der Waals surface area (Å²) in [4.78, 5) is 20.6. The topological polar surface area (TPSA) is 198 Å². The Morgan fingerprint density at radius 1 is 1.05 bits per heavy atom. The van der Waals surface area contributed by atoms with Gasteiger partial charge in [-0.1, -0.05) is 47.6 Å². The second-order valence-electron chi connectivity index (χ2n) is 9.21. The Hall–Kier alpha value is -4.17. The Morgan fingerprint density at radius 2 is 1.71 bits per heavy atom. The number of thiazole rings is 1. The number of ether oxygens (including phenoxy) is 1. The largest absolute Gasteiger partial charge is 0.494 e. The summed E-state index contributed by atoms with van der Waals surface area (Å²) in [6.07, 6.45) is 0.189. The summed E-state index contributed by atoms with van der Waals surface area (Å²) in [5.41, 5.74) is 19.2. The number of halogens is 1. The number of aromatic nitrogens is 2. The summed E-state index contributed by atoms with van der Waals surface area (Å²) in [5, 5.41) is 33.2. The number of benzene rings is 2. The molecule has 13 heteroatoms. The first-order chi connectivity index (χ1) is 20.2. The summed E-state index contributed by atoms with van der Waals surface area (Å²) in [5.74, 6) is -0.220. The monoisotopic (exact) mass is 619 g/mol. The Kier molecular flexibility index (Phi) is 10.0. The second-order valence-corrected chi connectivity index (χ2v) is 11.5. The van der Waals surface area contributed by atoms with Gasteiger partial charge in [0.15, 0.2) is 0 Å². The molecule has 1 atom stereocenters. The van der Waals surface area contributed by atoms with E-state index in [0.29, 0.717) is 32.7 Å². The number of nitrogens with two attached hydrogens (primary N) is 3. The molecule has 10 nitrogen and oxygen atoms in total. The van der Waals surface area contributed by atoms with Crippen LogP contribution in [0.4, 0.5) is 5.82 Å². The molecule has 0 spiro atoms. The van der Waals surface area contributed by atoms with Gasteiger partial charge in [-0.2, -0.15) is 10.5 Å². The quantitative estimate of drug-likeness (QED) is 0.155. The molecule has 0 aliphatic heterocycles. The summed E-state index contributed by atoms with van der Waals surface area (Å²) in [6.45, 7) is 0.206. The maximum Gasteiger partial charge on any atom is 0.323 e. The molecule has 2 aromatic heterocycles. The number of hydrogen-bond acceptors (Lipinski definition) is 11. The average molecular weight is 620 g/mol. The third-order valence-electron chi connectivity index (χ3n) is 6.39. The maximum atomic E-state index is 11.5. The van der Waals surface area contributed by atoms with E-state index < -0.39 is 11.5 Å². The molecule has 0 fully saturated rings. The van der Waals surface area contributed by atoms with Crippen LogP contribution in [-0.2, 0) is 10.5 Å². The zero-order valence-electron chi connectivity index (χ0n) is 22.2. The molecule has 0 amide bonds. The lowest BCUT2D eigenvalue weighted by Crippen LogP contribution is -2.50. The number of carboxylic acid groups (broad SMARTS) is 1. The standard InChI is InChI=1S/C29H26ClN7O3S2/c30-19-5-1-18(2-6-19)26-36-20(15-41-26)16-42-27-23(14-33)24(22(13-32)25(34)37-27)17-3-7-21(8-4-17)40-12-10-29(35,9-11-31)28(38)39/h1-8,15H,9-12,16,31,35H2,(H2,34,37)(H,38,39)/t29-/m0/s1. The summed E-state index contributed by atoms with van der Waals surface area (Å²) >= 11 is 8.80. The fourth-order valence-electron chi connectivity index (χ4n) is 4.10. The molecule has 0 aliphatic rings. The summed E-state index contributed by atoms with van der Waals surface area (Å²) in [7, 11) is 0. The van der Waals surface area contributed by atoms with Crippen LogP contribution in [0.3, 0.4) is 0 Å². The van der Waals surface area contributed by atoms with Crippen LogP contribution in [0, 0.1) is 22.7 Å². The van der Waals surface area contributed by atoms with Gasteiger partial charge in [0.2, 0.25) is 0 Å². The molecule has 2 heterocycles. The lowest BCUT2D eigenvalue weighted by atomic mass is 9.93. The number of anilines is 1. The number of rotatable bonds is 12. The molecule has 4 rings (SSSR count). The molecule has 0 aliphatic carbocycles. The number of thioether (sulfide) groups is 1. The van der Waals surface area contributed by atoms with Gasteiger partial charge in [-0.3, -0.25) is 4.79 Å². The Bertz CT molecular complexity index is 1660. The second kappa shape index (κ2) is 13.7. The van der Waals surface area contributed by atoms with Gasteiger partial charge in [0.1, 0.15) is 44.8 Å². The van der Waals surface area contributed by atoms with E-state index in [9.17, 15) is 20.4 Å². The van der Waals surface area contributed by atoms with Crippen LogP contribution in [-0.4, -0.2) is 39.7 Å². The minimum atomic E-state index is -1.48. The van der Waals surface area contributed by atoms with E-state index >= 15 is 0 Å². The predicted molar refractivity (Wildman–Crippen MR) is 164 cm³/mol. The fraction of sp³-hybridized carbons (Fsp3) is 0.207. The molecule has 0 bridgehead atoms. The van der Waals surface area contributed by atoms with Crippen molar-refractivity contribution in [3.63, 3.8) is 0 Å². The van der Waals surface area contributed by atoms with E-state index in [-0.39, 0.29) is 42.9 Å². The first-order valence-electron chi connectivity index (χ1n) is 12.6. The van der Waals surface area contributed by atoms with E-state index in [4.69, 9.17) is 33.5 Å². The van der Waals surface area contributed by atoms with Crippen LogP contribution in [0.25, 0.3) is 21.7 Å². The number of carboxylic acids is 1. The zero-order chi connectivity index (χ0) is 30.3. The number of aliphatic carboxylic acids is 1. The molecule has 2 aromatic carbocycles. The highest BCUT2D eigenvalue weighted by Crippen LogP contribution is 2.37. The molecule has 0 saturated carbocycles. The molecule has 7 N–H and O–H groups in total. The molecule has 0 radical (unpaired) electrons. The van der Waals surface area contributed by atoms with Crippen molar-refractivity contribution in [1.29, 1.82) is 10.5 Å². The van der Waals surface area contributed by atoms with Crippen LogP contribution >= 0.6 is 34.7 Å². The van der Waals surface area contributed by atoms with Crippen molar-refractivity contribution in [2.75, 3.05) is 18.9 Å². The van der Waals surface area contributed by atoms with E-state index in [1.807, 2.05) is 29.6 Å². The fourth-order valence-corrected chi connectivity index (χ4v) is 6.04. The highest BCUT2D eigenvalue weighted by atomic mass is 35.5. The SMILES string of the molecule is N#Cc1c(N)nc(SCc2csc(-c3ccc(Cl)cc3)n2)c(C#N)c1-c1ccc(OCC[C@@](N)(CCN)C(=O)O)cc1.